The molecule has 0 aliphatic carbocycles. The zero-order valence-corrected chi connectivity index (χ0v) is 14.0. The molecule has 8 heteroatoms. The summed E-state index contributed by atoms with van der Waals surface area (Å²) in [5.41, 5.74) is 2.84. The molecule has 1 amide bonds. The molecule has 0 saturated heterocycles. The summed E-state index contributed by atoms with van der Waals surface area (Å²) >= 11 is 0. The maximum absolute atomic E-state index is 12.4. The van der Waals surface area contributed by atoms with Gasteiger partial charge in [0, 0.05) is 6.07 Å². The lowest BCUT2D eigenvalue weighted by Crippen LogP contribution is -2.26. The van der Waals surface area contributed by atoms with Gasteiger partial charge in [0.25, 0.3) is 5.91 Å². The zero-order valence-electron chi connectivity index (χ0n) is 14.0. The van der Waals surface area contributed by atoms with Crippen molar-refractivity contribution in [2.75, 3.05) is 0 Å². The topological polar surface area (TPSA) is 102 Å². The zero-order chi connectivity index (χ0) is 17.9. The fourth-order valence-electron chi connectivity index (χ4n) is 2.61. The molecule has 0 bridgehead atoms. The largest absolute Gasteiger partial charge is 0.463 e. The van der Waals surface area contributed by atoms with E-state index in [1.54, 1.807) is 35.5 Å². The van der Waals surface area contributed by atoms with Crippen molar-refractivity contribution in [1.29, 1.82) is 0 Å². The van der Waals surface area contributed by atoms with E-state index < -0.39 is 0 Å². The number of nitrogens with zero attached hydrogens (tertiary/aromatic N) is 4. The Morgan fingerprint density at radius 3 is 2.81 bits per heavy atom. The van der Waals surface area contributed by atoms with Gasteiger partial charge in [0.05, 0.1) is 18.0 Å². The Labute approximate surface area is 148 Å². The van der Waals surface area contributed by atoms with Gasteiger partial charge in [-0.2, -0.15) is 10.2 Å². The third kappa shape index (κ3) is 3.12. The van der Waals surface area contributed by atoms with Crippen LogP contribution in [-0.2, 0) is 0 Å². The smallest absolute Gasteiger partial charge is 0.272 e. The molecular formula is C18H16N6O2. The van der Waals surface area contributed by atoms with Crippen LogP contribution in [0.4, 0.5) is 0 Å². The standard InChI is InChI=1S/C18H16N6O2/c1-12(13-4-6-14(7-5-13)24-11-19-10-20-24)21-18(25)16-9-15(22-23-16)17-3-2-8-26-17/h2-12H,1H3,(H,21,25)(H,22,23). The average molecular weight is 348 g/mol. The molecule has 1 unspecified atom stereocenters. The normalized spacial score (nSPS) is 12.0. The van der Waals surface area contributed by atoms with Gasteiger partial charge in [0.1, 0.15) is 18.3 Å². The SMILES string of the molecule is CC(NC(=O)c1cc(-c2ccco2)[nH]n1)c1ccc(-n2cncn2)cc1. The fraction of sp³-hybridized carbons (Fsp3) is 0.111. The van der Waals surface area contributed by atoms with Crippen molar-refractivity contribution in [3.8, 4) is 17.1 Å². The van der Waals surface area contributed by atoms with Gasteiger partial charge in [0.15, 0.2) is 11.5 Å². The molecule has 1 aromatic carbocycles. The second-order valence-electron chi connectivity index (χ2n) is 5.77. The summed E-state index contributed by atoms with van der Waals surface area (Å²) in [5, 5.41) is 13.9. The number of H-pyrrole nitrogens is 1. The Morgan fingerprint density at radius 2 is 2.12 bits per heavy atom. The molecule has 1 atom stereocenters. The van der Waals surface area contributed by atoms with Crippen LogP contribution in [-0.4, -0.2) is 30.9 Å². The predicted octanol–water partition coefficient (Wildman–Crippen LogP) is 2.74. The molecule has 8 nitrogen and oxygen atoms in total. The summed E-state index contributed by atoms with van der Waals surface area (Å²) in [6, 6.07) is 12.8. The number of benzene rings is 1. The van der Waals surface area contributed by atoms with Crippen molar-refractivity contribution in [3.05, 3.63) is 72.6 Å². The van der Waals surface area contributed by atoms with Gasteiger partial charge in [-0.25, -0.2) is 9.67 Å². The van der Waals surface area contributed by atoms with Crippen molar-refractivity contribution >= 4 is 5.91 Å². The number of hydrogen-bond donors (Lipinski definition) is 2. The van der Waals surface area contributed by atoms with E-state index in [1.807, 2.05) is 31.2 Å². The third-order valence-corrected chi connectivity index (χ3v) is 4.02. The lowest BCUT2D eigenvalue weighted by molar-refractivity contribution is 0.0935. The van der Waals surface area contributed by atoms with Gasteiger partial charge in [-0.15, -0.1) is 0 Å². The number of aromatic amines is 1. The number of rotatable bonds is 5. The van der Waals surface area contributed by atoms with Crippen molar-refractivity contribution in [1.82, 2.24) is 30.3 Å². The molecule has 0 saturated carbocycles. The summed E-state index contributed by atoms with van der Waals surface area (Å²) in [4.78, 5) is 16.3. The fourth-order valence-corrected chi connectivity index (χ4v) is 2.61. The molecule has 0 aliphatic rings. The summed E-state index contributed by atoms with van der Waals surface area (Å²) in [7, 11) is 0. The Hall–Kier alpha value is -3.68. The van der Waals surface area contributed by atoms with Crippen LogP contribution in [0.3, 0.4) is 0 Å². The summed E-state index contributed by atoms with van der Waals surface area (Å²) in [6.45, 7) is 1.92. The monoisotopic (exact) mass is 348 g/mol. The Balaban J connectivity index is 1.44. The van der Waals surface area contributed by atoms with Gasteiger partial charge in [-0.1, -0.05) is 12.1 Å². The highest BCUT2D eigenvalue weighted by atomic mass is 16.3. The summed E-state index contributed by atoms with van der Waals surface area (Å²) in [6.07, 6.45) is 4.69. The molecule has 2 N–H and O–H groups in total. The highest BCUT2D eigenvalue weighted by Gasteiger charge is 2.16. The number of amides is 1. The van der Waals surface area contributed by atoms with E-state index in [9.17, 15) is 4.79 Å². The van der Waals surface area contributed by atoms with E-state index in [0.717, 1.165) is 11.3 Å². The van der Waals surface area contributed by atoms with Crippen LogP contribution in [0.15, 0.2) is 65.8 Å². The number of carbonyl (C=O) groups is 1. The van der Waals surface area contributed by atoms with Crippen LogP contribution < -0.4 is 5.32 Å². The first-order valence-electron chi connectivity index (χ1n) is 8.06. The first kappa shape index (κ1) is 15.8. The predicted molar refractivity (Wildman–Crippen MR) is 93.5 cm³/mol. The van der Waals surface area contributed by atoms with Crippen LogP contribution >= 0.6 is 0 Å². The molecule has 0 aliphatic heterocycles. The quantitative estimate of drug-likeness (QED) is 0.577. The highest BCUT2D eigenvalue weighted by molar-refractivity contribution is 5.93. The van der Waals surface area contributed by atoms with E-state index >= 15 is 0 Å². The van der Waals surface area contributed by atoms with Crippen LogP contribution in [0.1, 0.15) is 29.0 Å². The van der Waals surface area contributed by atoms with Crippen LogP contribution in [0.25, 0.3) is 17.1 Å². The highest BCUT2D eigenvalue weighted by Crippen LogP contribution is 2.19. The molecule has 0 spiro atoms. The van der Waals surface area contributed by atoms with Crippen molar-refractivity contribution in [2.45, 2.75) is 13.0 Å². The van der Waals surface area contributed by atoms with Crippen molar-refractivity contribution < 1.29 is 9.21 Å². The van der Waals surface area contributed by atoms with Gasteiger partial charge in [-0.3, -0.25) is 9.89 Å². The van der Waals surface area contributed by atoms with Crippen LogP contribution in [0.5, 0.6) is 0 Å². The van der Waals surface area contributed by atoms with Crippen LogP contribution in [0, 0.1) is 0 Å². The van der Waals surface area contributed by atoms with Gasteiger partial charge >= 0.3 is 0 Å². The average Bonchev–Trinajstić information content (AvgIpc) is 3.43. The lowest BCUT2D eigenvalue weighted by Gasteiger charge is -2.14. The Kier molecular flexibility index (Phi) is 4.06. The molecule has 4 aromatic rings. The second kappa shape index (κ2) is 6.67. The van der Waals surface area contributed by atoms with E-state index in [-0.39, 0.29) is 11.9 Å². The number of nitrogens with one attached hydrogen (secondary N) is 2. The number of carbonyl (C=O) groups excluding carboxylic acids is 1. The van der Waals surface area contributed by atoms with Gasteiger partial charge in [-0.05, 0) is 36.8 Å². The summed E-state index contributed by atoms with van der Waals surface area (Å²) < 4.78 is 6.96. The van der Waals surface area contributed by atoms with Gasteiger partial charge < -0.3 is 9.73 Å². The van der Waals surface area contributed by atoms with E-state index in [2.05, 4.69) is 25.6 Å². The molecule has 0 radical (unpaired) electrons. The maximum atomic E-state index is 12.4. The van der Waals surface area contributed by atoms with Crippen LogP contribution in [0.2, 0.25) is 0 Å². The molecule has 3 aromatic heterocycles. The maximum Gasteiger partial charge on any atom is 0.272 e. The lowest BCUT2D eigenvalue weighted by atomic mass is 10.1. The number of furan rings is 1. The third-order valence-electron chi connectivity index (χ3n) is 4.02. The molecule has 130 valence electrons. The van der Waals surface area contributed by atoms with E-state index in [0.29, 0.717) is 17.1 Å². The first-order valence-corrected chi connectivity index (χ1v) is 8.06. The molecule has 4 rings (SSSR count). The van der Waals surface area contributed by atoms with Gasteiger partial charge in [0.2, 0.25) is 0 Å². The molecule has 26 heavy (non-hydrogen) atoms. The van der Waals surface area contributed by atoms with Crippen molar-refractivity contribution in [2.24, 2.45) is 0 Å². The Bertz CT molecular complexity index is 987. The minimum absolute atomic E-state index is 0.170. The second-order valence-corrected chi connectivity index (χ2v) is 5.77. The van der Waals surface area contributed by atoms with E-state index in [1.165, 1.54) is 6.33 Å². The molecular weight excluding hydrogens is 332 g/mol. The summed E-state index contributed by atoms with van der Waals surface area (Å²) in [5.74, 6) is 0.375. The molecule has 3 heterocycles. The number of aromatic nitrogens is 5. The minimum Gasteiger partial charge on any atom is -0.463 e. The first-order chi connectivity index (χ1) is 12.7. The molecule has 0 fully saturated rings. The number of hydrogen-bond acceptors (Lipinski definition) is 5. The Morgan fingerprint density at radius 1 is 1.27 bits per heavy atom. The van der Waals surface area contributed by atoms with E-state index in [4.69, 9.17) is 4.42 Å². The van der Waals surface area contributed by atoms with Crippen molar-refractivity contribution in [3.63, 3.8) is 0 Å². The minimum atomic E-state index is -0.257.